The molecule has 0 amide bonds. The first-order valence-electron chi connectivity index (χ1n) is 4.86. The molecule has 0 radical (unpaired) electrons. The summed E-state index contributed by atoms with van der Waals surface area (Å²) < 4.78 is 1.34. The van der Waals surface area contributed by atoms with Crippen LogP contribution in [0.1, 0.15) is 0 Å². The van der Waals surface area contributed by atoms with Crippen molar-refractivity contribution in [2.45, 2.75) is 0 Å². The average molecular weight is 177 g/mol. The second-order valence-corrected chi connectivity index (χ2v) is 3.84. The molecule has 66 valence electrons. The molecule has 0 unspecified atom stereocenters. The first kappa shape index (κ1) is 9.64. The second kappa shape index (κ2) is 3.69. The van der Waals surface area contributed by atoms with E-state index >= 15 is 0 Å². The van der Waals surface area contributed by atoms with E-state index in [2.05, 4.69) is 73.1 Å². The van der Waals surface area contributed by atoms with Gasteiger partial charge < -0.3 is 0 Å². The standard InChI is InChI=1S/C12H12N.Li/c1-13(2)12-9-5-7-10-6-3-4-8-11(10)12;/h3-7,9H,1-2H3;. The molecule has 14 heavy (non-hydrogen) atoms. The number of benzene rings is 2. The molecule has 2 aromatic rings. The molecular formula is C12H12LiN. The summed E-state index contributed by atoms with van der Waals surface area (Å²) >= 11 is 2.16. The zero-order valence-corrected chi connectivity index (χ0v) is 8.91. The van der Waals surface area contributed by atoms with E-state index in [1.165, 1.54) is 20.7 Å². The van der Waals surface area contributed by atoms with Crippen molar-refractivity contribution in [3.8, 4) is 0 Å². The first-order valence-corrected chi connectivity index (χ1v) is 4.86. The first-order chi connectivity index (χ1) is 6.70. The maximum atomic E-state index is 2.16. The fourth-order valence-corrected chi connectivity index (χ4v) is 1.88. The topological polar surface area (TPSA) is 3.24 Å². The Balaban J connectivity index is 2.84. The van der Waals surface area contributed by atoms with E-state index in [9.17, 15) is 0 Å². The molecule has 0 saturated heterocycles. The van der Waals surface area contributed by atoms with Crippen molar-refractivity contribution in [1.82, 2.24) is 0 Å². The van der Waals surface area contributed by atoms with Gasteiger partial charge in [-0.25, -0.2) is 0 Å². The number of rotatable bonds is 1. The van der Waals surface area contributed by atoms with Crippen LogP contribution in [0.15, 0.2) is 36.4 Å². The summed E-state index contributed by atoms with van der Waals surface area (Å²) in [5, 5.41) is 2.68. The van der Waals surface area contributed by atoms with E-state index in [4.69, 9.17) is 0 Å². The van der Waals surface area contributed by atoms with E-state index in [0.29, 0.717) is 0 Å². The average Bonchev–Trinajstić information content (AvgIpc) is 2.17. The Bertz CT molecular complexity index is 458. The van der Waals surface area contributed by atoms with Gasteiger partial charge >= 0.3 is 93.8 Å². The third-order valence-corrected chi connectivity index (χ3v) is 2.57. The van der Waals surface area contributed by atoms with Crippen LogP contribution in [0.4, 0.5) is 5.69 Å². The molecule has 2 rings (SSSR count). The van der Waals surface area contributed by atoms with Gasteiger partial charge in [0.25, 0.3) is 0 Å². The van der Waals surface area contributed by atoms with Gasteiger partial charge in [0.2, 0.25) is 0 Å². The molecule has 0 aliphatic carbocycles. The fraction of sp³-hybridized carbons (Fsp3) is 0.167. The Morgan fingerprint density at radius 2 is 1.64 bits per heavy atom. The summed E-state index contributed by atoms with van der Waals surface area (Å²) in [4.78, 5) is 2.16. The van der Waals surface area contributed by atoms with Crippen molar-refractivity contribution in [3.63, 3.8) is 0 Å². The fourth-order valence-electron chi connectivity index (χ4n) is 1.88. The third kappa shape index (κ3) is 1.54. The predicted octanol–water partition coefficient (Wildman–Crippen LogP) is 1.70. The molecule has 0 aliphatic heterocycles. The quantitative estimate of drug-likeness (QED) is 0.599. The van der Waals surface area contributed by atoms with Crippen LogP contribution in [0, 0.1) is 0 Å². The van der Waals surface area contributed by atoms with Crippen LogP contribution in [0.3, 0.4) is 0 Å². The summed E-state index contributed by atoms with van der Waals surface area (Å²) in [5.41, 5.74) is 1.29. The Kier molecular flexibility index (Phi) is 2.54. The molecule has 0 bridgehead atoms. The molecule has 0 aliphatic rings. The molecule has 0 N–H and O–H groups in total. The van der Waals surface area contributed by atoms with Crippen molar-refractivity contribution >= 4 is 38.4 Å². The molecule has 0 fully saturated rings. The Hall–Kier alpha value is -0.903. The second-order valence-electron chi connectivity index (χ2n) is 3.84. The van der Waals surface area contributed by atoms with Gasteiger partial charge in [0.1, 0.15) is 0 Å². The van der Waals surface area contributed by atoms with Gasteiger partial charge in [-0.2, -0.15) is 0 Å². The van der Waals surface area contributed by atoms with Gasteiger partial charge in [0.05, 0.1) is 0 Å². The molecule has 2 aromatic carbocycles. The van der Waals surface area contributed by atoms with Crippen LogP contribution >= 0.6 is 0 Å². The maximum absolute atomic E-state index is 2.16. The molecular weight excluding hydrogens is 165 g/mol. The van der Waals surface area contributed by atoms with Crippen molar-refractivity contribution in [2.75, 3.05) is 19.0 Å². The van der Waals surface area contributed by atoms with E-state index in [0.717, 1.165) is 0 Å². The number of nitrogens with zero attached hydrogens (tertiary/aromatic N) is 1. The summed E-state index contributed by atoms with van der Waals surface area (Å²) in [6, 6.07) is 12.9. The monoisotopic (exact) mass is 177 g/mol. The van der Waals surface area contributed by atoms with E-state index in [-0.39, 0.29) is 0 Å². The van der Waals surface area contributed by atoms with E-state index in [1.807, 2.05) is 0 Å². The Morgan fingerprint density at radius 3 is 2.29 bits per heavy atom. The molecule has 0 saturated carbocycles. The Labute approximate surface area is 93.9 Å². The van der Waals surface area contributed by atoms with Gasteiger partial charge in [-0.1, -0.05) is 0 Å². The molecule has 0 aromatic heterocycles. The minimum absolute atomic E-state index is 1.29. The van der Waals surface area contributed by atoms with Crippen LogP contribution in [0.2, 0.25) is 0 Å². The summed E-state index contributed by atoms with van der Waals surface area (Å²) in [5.74, 6) is 0. The van der Waals surface area contributed by atoms with Crippen LogP contribution in [-0.4, -0.2) is 31.8 Å². The van der Waals surface area contributed by atoms with Gasteiger partial charge in [0.15, 0.2) is 0 Å². The van der Waals surface area contributed by atoms with E-state index < -0.39 is 0 Å². The van der Waals surface area contributed by atoms with Crippen molar-refractivity contribution in [2.24, 2.45) is 0 Å². The number of hydrogen-bond donors (Lipinski definition) is 0. The molecule has 0 spiro atoms. The molecule has 2 heteroatoms. The van der Waals surface area contributed by atoms with Gasteiger partial charge in [-0.15, -0.1) is 0 Å². The molecule has 1 nitrogen and oxygen atoms in total. The normalized spacial score (nSPS) is 10.6. The number of hydrogen-bond acceptors (Lipinski definition) is 1. The van der Waals surface area contributed by atoms with Gasteiger partial charge in [-0.3, -0.25) is 0 Å². The van der Waals surface area contributed by atoms with Crippen LogP contribution < -0.4 is 9.14 Å². The van der Waals surface area contributed by atoms with Crippen LogP contribution in [-0.2, 0) is 0 Å². The molecule has 0 atom stereocenters. The Morgan fingerprint density at radius 1 is 1.00 bits per heavy atom. The summed E-state index contributed by atoms with van der Waals surface area (Å²) in [6.45, 7) is 0. The van der Waals surface area contributed by atoms with Gasteiger partial charge in [0, 0.05) is 0 Å². The molecule has 0 heterocycles. The zero-order valence-electron chi connectivity index (χ0n) is 8.91. The van der Waals surface area contributed by atoms with Crippen LogP contribution in [0.25, 0.3) is 10.8 Å². The number of fused-ring (bicyclic) bond motifs is 1. The minimum atomic E-state index is 1.29. The summed E-state index contributed by atoms with van der Waals surface area (Å²) in [6.07, 6.45) is 0. The zero-order chi connectivity index (χ0) is 10.1. The summed E-state index contributed by atoms with van der Waals surface area (Å²) in [7, 11) is 4.17. The third-order valence-electron chi connectivity index (χ3n) is 2.57. The van der Waals surface area contributed by atoms with Crippen molar-refractivity contribution in [1.29, 1.82) is 0 Å². The predicted molar refractivity (Wildman–Crippen MR) is 63.7 cm³/mol. The SMILES string of the molecule is [Li][c]1cccc2cccc(N(C)C)c12. The van der Waals surface area contributed by atoms with Crippen molar-refractivity contribution < 1.29 is 0 Å². The number of anilines is 1. The van der Waals surface area contributed by atoms with Crippen molar-refractivity contribution in [3.05, 3.63) is 36.4 Å². The van der Waals surface area contributed by atoms with Crippen LogP contribution in [0.5, 0.6) is 0 Å². The van der Waals surface area contributed by atoms with Gasteiger partial charge in [-0.05, 0) is 0 Å². The van der Waals surface area contributed by atoms with E-state index in [1.54, 1.807) is 0 Å².